The number of aromatic nitrogens is 2. The van der Waals surface area contributed by atoms with E-state index in [-0.39, 0.29) is 24.1 Å². The number of nitrogens with one attached hydrogen (secondary N) is 2. The SMILES string of the molecule is O=C1NC(=O)C2(CCCN(C(=O)c3cnccn3)C2)N1. The standard InChI is InChI=1S/C12H13N5O3/c18-9(8-6-13-3-4-14-8)17-5-1-2-12(7-17)10(19)15-11(20)16-12/h3-4,6H,1-2,5,7H2,(H2,15,16,19,20). The highest BCUT2D eigenvalue weighted by atomic mass is 16.2. The van der Waals surface area contributed by atoms with Gasteiger partial charge in [-0.15, -0.1) is 0 Å². The van der Waals surface area contributed by atoms with Crippen LogP contribution in [-0.4, -0.2) is 51.3 Å². The fraction of sp³-hybridized carbons (Fsp3) is 0.417. The zero-order valence-electron chi connectivity index (χ0n) is 10.6. The number of rotatable bonds is 1. The van der Waals surface area contributed by atoms with Crippen LogP contribution in [0.3, 0.4) is 0 Å². The molecule has 1 aromatic heterocycles. The molecule has 2 aliphatic rings. The average Bonchev–Trinajstić information content (AvgIpc) is 2.73. The number of carbonyl (C=O) groups is 3. The van der Waals surface area contributed by atoms with Crippen molar-refractivity contribution in [3.05, 3.63) is 24.3 Å². The number of piperidine rings is 1. The third-order valence-electron chi connectivity index (χ3n) is 3.58. The molecule has 1 aromatic rings. The molecule has 2 fully saturated rings. The van der Waals surface area contributed by atoms with Gasteiger partial charge in [-0.2, -0.15) is 0 Å². The second-order valence-electron chi connectivity index (χ2n) is 4.91. The molecule has 8 heteroatoms. The minimum atomic E-state index is -1.01. The predicted octanol–water partition coefficient (Wildman–Crippen LogP) is -0.709. The fourth-order valence-electron chi connectivity index (χ4n) is 2.62. The topological polar surface area (TPSA) is 104 Å². The quantitative estimate of drug-likeness (QED) is 0.659. The van der Waals surface area contributed by atoms with Crippen molar-refractivity contribution in [1.82, 2.24) is 25.5 Å². The van der Waals surface area contributed by atoms with E-state index in [9.17, 15) is 14.4 Å². The lowest BCUT2D eigenvalue weighted by atomic mass is 9.89. The van der Waals surface area contributed by atoms with E-state index >= 15 is 0 Å². The largest absolute Gasteiger partial charge is 0.334 e. The predicted molar refractivity (Wildman–Crippen MR) is 66.6 cm³/mol. The summed E-state index contributed by atoms with van der Waals surface area (Å²) in [5.41, 5.74) is -0.776. The summed E-state index contributed by atoms with van der Waals surface area (Å²) in [6.45, 7) is 0.681. The Balaban J connectivity index is 1.81. The fourth-order valence-corrected chi connectivity index (χ4v) is 2.62. The Hall–Kier alpha value is -2.51. The van der Waals surface area contributed by atoms with Gasteiger partial charge in [0.1, 0.15) is 11.2 Å². The molecule has 3 heterocycles. The Labute approximate surface area is 114 Å². The molecule has 0 aromatic carbocycles. The summed E-state index contributed by atoms with van der Waals surface area (Å²) in [7, 11) is 0. The van der Waals surface area contributed by atoms with Crippen molar-refractivity contribution in [2.45, 2.75) is 18.4 Å². The molecule has 104 valence electrons. The molecular formula is C12H13N5O3. The summed E-state index contributed by atoms with van der Waals surface area (Å²) in [4.78, 5) is 44.9. The number of carbonyl (C=O) groups excluding carboxylic acids is 3. The molecule has 2 saturated heterocycles. The van der Waals surface area contributed by atoms with Crippen LogP contribution in [0, 0.1) is 0 Å². The molecular weight excluding hydrogens is 262 g/mol. The second kappa shape index (κ2) is 4.55. The smallest absolute Gasteiger partial charge is 0.322 e. The molecule has 2 N–H and O–H groups in total. The highest BCUT2D eigenvalue weighted by Gasteiger charge is 2.49. The van der Waals surface area contributed by atoms with Crippen LogP contribution in [0.15, 0.2) is 18.6 Å². The zero-order valence-corrected chi connectivity index (χ0v) is 10.6. The molecule has 0 saturated carbocycles. The first-order valence-corrected chi connectivity index (χ1v) is 6.30. The summed E-state index contributed by atoms with van der Waals surface area (Å²) >= 11 is 0. The maximum Gasteiger partial charge on any atom is 0.322 e. The lowest BCUT2D eigenvalue weighted by molar-refractivity contribution is -0.125. The van der Waals surface area contributed by atoms with Crippen molar-refractivity contribution in [3.63, 3.8) is 0 Å². The lowest BCUT2D eigenvalue weighted by Crippen LogP contribution is -2.59. The van der Waals surface area contributed by atoms with E-state index in [0.717, 1.165) is 0 Å². The second-order valence-corrected chi connectivity index (χ2v) is 4.91. The Morgan fingerprint density at radius 2 is 2.20 bits per heavy atom. The Morgan fingerprint density at radius 1 is 1.35 bits per heavy atom. The molecule has 1 unspecified atom stereocenters. The van der Waals surface area contributed by atoms with Crippen LogP contribution in [0.5, 0.6) is 0 Å². The Kier molecular flexibility index (Phi) is 2.85. The first-order chi connectivity index (χ1) is 9.61. The minimum Gasteiger partial charge on any atom is -0.334 e. The van der Waals surface area contributed by atoms with Crippen LogP contribution in [0.4, 0.5) is 4.79 Å². The number of urea groups is 1. The van der Waals surface area contributed by atoms with E-state index in [1.165, 1.54) is 23.5 Å². The van der Waals surface area contributed by atoms with E-state index < -0.39 is 11.6 Å². The molecule has 0 bridgehead atoms. The van der Waals surface area contributed by atoms with Crippen molar-refractivity contribution in [1.29, 1.82) is 0 Å². The molecule has 1 spiro atoms. The Morgan fingerprint density at radius 3 is 2.85 bits per heavy atom. The molecule has 0 radical (unpaired) electrons. The molecule has 0 aliphatic carbocycles. The summed E-state index contributed by atoms with van der Waals surface area (Å²) in [6, 6.07) is -0.510. The van der Waals surface area contributed by atoms with Gasteiger partial charge in [-0.1, -0.05) is 0 Å². The number of nitrogens with zero attached hydrogens (tertiary/aromatic N) is 3. The van der Waals surface area contributed by atoms with Crippen LogP contribution in [0.1, 0.15) is 23.3 Å². The molecule has 4 amide bonds. The lowest BCUT2D eigenvalue weighted by Gasteiger charge is -2.37. The third kappa shape index (κ3) is 1.98. The van der Waals surface area contributed by atoms with E-state index in [2.05, 4.69) is 20.6 Å². The van der Waals surface area contributed by atoms with Gasteiger partial charge in [0.25, 0.3) is 11.8 Å². The van der Waals surface area contributed by atoms with Crippen LogP contribution in [0.25, 0.3) is 0 Å². The van der Waals surface area contributed by atoms with Crippen LogP contribution in [0.2, 0.25) is 0 Å². The summed E-state index contributed by atoms with van der Waals surface area (Å²) < 4.78 is 0. The van der Waals surface area contributed by atoms with Gasteiger partial charge >= 0.3 is 6.03 Å². The molecule has 2 aliphatic heterocycles. The maximum absolute atomic E-state index is 12.3. The summed E-state index contributed by atoms with van der Waals surface area (Å²) in [5, 5.41) is 4.85. The third-order valence-corrected chi connectivity index (χ3v) is 3.58. The minimum absolute atomic E-state index is 0.153. The Bertz CT molecular complexity index is 576. The average molecular weight is 275 g/mol. The number of amides is 4. The number of hydrogen-bond donors (Lipinski definition) is 2. The van der Waals surface area contributed by atoms with Crippen molar-refractivity contribution in [2.24, 2.45) is 0 Å². The van der Waals surface area contributed by atoms with Crippen molar-refractivity contribution in [2.75, 3.05) is 13.1 Å². The number of imide groups is 1. The van der Waals surface area contributed by atoms with E-state index in [4.69, 9.17) is 0 Å². The van der Waals surface area contributed by atoms with Crippen LogP contribution in [-0.2, 0) is 4.79 Å². The molecule has 20 heavy (non-hydrogen) atoms. The van der Waals surface area contributed by atoms with E-state index in [0.29, 0.717) is 19.4 Å². The van der Waals surface area contributed by atoms with Gasteiger partial charge < -0.3 is 10.2 Å². The molecule has 3 rings (SSSR count). The highest BCUT2D eigenvalue weighted by Crippen LogP contribution is 2.25. The van der Waals surface area contributed by atoms with Crippen molar-refractivity contribution >= 4 is 17.8 Å². The van der Waals surface area contributed by atoms with Crippen LogP contribution >= 0.6 is 0 Å². The summed E-state index contributed by atoms with van der Waals surface area (Å²) in [5.74, 6) is -0.662. The van der Waals surface area contributed by atoms with Gasteiger partial charge in [-0.05, 0) is 12.8 Å². The van der Waals surface area contributed by atoms with Gasteiger partial charge in [0.05, 0.1) is 12.7 Å². The van der Waals surface area contributed by atoms with Crippen molar-refractivity contribution < 1.29 is 14.4 Å². The number of hydrogen-bond acceptors (Lipinski definition) is 5. The normalized spacial score (nSPS) is 25.5. The van der Waals surface area contributed by atoms with Gasteiger partial charge in [-0.25, -0.2) is 9.78 Å². The molecule has 1 atom stereocenters. The van der Waals surface area contributed by atoms with Gasteiger partial charge in [0.2, 0.25) is 0 Å². The van der Waals surface area contributed by atoms with Crippen molar-refractivity contribution in [3.8, 4) is 0 Å². The highest BCUT2D eigenvalue weighted by molar-refractivity contribution is 6.07. The first kappa shape index (κ1) is 12.5. The first-order valence-electron chi connectivity index (χ1n) is 6.30. The van der Waals surface area contributed by atoms with Gasteiger partial charge in [-0.3, -0.25) is 19.9 Å². The number of likely N-dealkylation sites (tertiary alicyclic amines) is 1. The maximum atomic E-state index is 12.3. The monoisotopic (exact) mass is 275 g/mol. The zero-order chi connectivity index (χ0) is 14.2. The van der Waals surface area contributed by atoms with E-state index in [1.54, 1.807) is 0 Å². The van der Waals surface area contributed by atoms with Gasteiger partial charge in [0.15, 0.2) is 0 Å². The van der Waals surface area contributed by atoms with Crippen LogP contribution < -0.4 is 10.6 Å². The summed E-state index contributed by atoms with van der Waals surface area (Å²) in [6.07, 6.45) is 5.47. The van der Waals surface area contributed by atoms with Gasteiger partial charge in [0, 0.05) is 18.9 Å². The molecule has 8 nitrogen and oxygen atoms in total. The van der Waals surface area contributed by atoms with E-state index in [1.807, 2.05) is 0 Å².